The summed E-state index contributed by atoms with van der Waals surface area (Å²) in [6.45, 7) is 1.42. The van der Waals surface area contributed by atoms with E-state index in [1.54, 1.807) is 31.3 Å². The van der Waals surface area contributed by atoms with Gasteiger partial charge >= 0.3 is 6.03 Å². The number of methoxy groups -OCH3 is 2. The third kappa shape index (κ3) is 4.28. The number of nitrogens with zero attached hydrogens (tertiary/aromatic N) is 1. The van der Waals surface area contributed by atoms with Crippen LogP contribution in [0.1, 0.15) is 18.4 Å². The molecule has 0 aromatic heterocycles. The first-order valence-electron chi connectivity index (χ1n) is 7.58. The van der Waals surface area contributed by atoms with Crippen LogP contribution in [0.3, 0.4) is 0 Å². The standard InChI is InChI=1S/C16H23N3O4/c1-22-13-3-4-14(23-2)12(9-13)10-18-16(21)19-7-5-11(6-8-19)15(17)20/h3-4,9,11H,5-8,10H2,1-2H3,(H2,17,20)(H,18,21). The van der Waals surface area contributed by atoms with E-state index in [0.717, 1.165) is 5.56 Å². The zero-order chi connectivity index (χ0) is 16.8. The first kappa shape index (κ1) is 16.9. The highest BCUT2D eigenvalue weighted by molar-refractivity contribution is 5.78. The third-order valence-corrected chi connectivity index (χ3v) is 4.10. The molecule has 3 N–H and O–H groups in total. The first-order valence-corrected chi connectivity index (χ1v) is 7.58. The van der Waals surface area contributed by atoms with Gasteiger partial charge in [-0.25, -0.2) is 4.79 Å². The van der Waals surface area contributed by atoms with Crippen LogP contribution < -0.4 is 20.5 Å². The fourth-order valence-electron chi connectivity index (χ4n) is 2.67. The smallest absolute Gasteiger partial charge is 0.317 e. The van der Waals surface area contributed by atoms with Crippen LogP contribution in [0.2, 0.25) is 0 Å². The largest absolute Gasteiger partial charge is 0.497 e. The summed E-state index contributed by atoms with van der Waals surface area (Å²) in [5.74, 6) is 0.986. The topological polar surface area (TPSA) is 93.9 Å². The predicted octanol–water partition coefficient (Wildman–Crippen LogP) is 1.11. The quantitative estimate of drug-likeness (QED) is 0.849. The second kappa shape index (κ2) is 7.71. The van der Waals surface area contributed by atoms with Gasteiger partial charge in [0.25, 0.3) is 0 Å². The van der Waals surface area contributed by atoms with E-state index in [1.807, 2.05) is 6.07 Å². The van der Waals surface area contributed by atoms with Crippen LogP contribution in [-0.2, 0) is 11.3 Å². The molecule has 1 aliphatic rings. The van der Waals surface area contributed by atoms with Gasteiger partial charge in [0.05, 0.1) is 14.2 Å². The van der Waals surface area contributed by atoms with Gasteiger partial charge in [0, 0.05) is 31.1 Å². The minimum atomic E-state index is -0.286. The number of carbonyl (C=O) groups excluding carboxylic acids is 2. The third-order valence-electron chi connectivity index (χ3n) is 4.10. The Hall–Kier alpha value is -2.44. The Morgan fingerprint density at radius 3 is 2.52 bits per heavy atom. The number of likely N-dealkylation sites (tertiary alicyclic amines) is 1. The van der Waals surface area contributed by atoms with Crippen molar-refractivity contribution in [2.75, 3.05) is 27.3 Å². The summed E-state index contributed by atoms with van der Waals surface area (Å²) in [4.78, 5) is 25.1. The summed E-state index contributed by atoms with van der Waals surface area (Å²) in [6, 6.07) is 5.29. The minimum Gasteiger partial charge on any atom is -0.497 e. The summed E-state index contributed by atoms with van der Waals surface area (Å²) in [7, 11) is 3.18. The van der Waals surface area contributed by atoms with Crippen molar-refractivity contribution in [1.29, 1.82) is 0 Å². The van der Waals surface area contributed by atoms with Gasteiger partial charge in [0.1, 0.15) is 11.5 Å². The number of piperidine rings is 1. The van der Waals surface area contributed by atoms with Crippen molar-refractivity contribution < 1.29 is 19.1 Å². The van der Waals surface area contributed by atoms with Crippen LogP contribution in [0.15, 0.2) is 18.2 Å². The molecule has 1 aliphatic heterocycles. The highest BCUT2D eigenvalue weighted by atomic mass is 16.5. The van der Waals surface area contributed by atoms with Crippen LogP contribution in [-0.4, -0.2) is 44.1 Å². The summed E-state index contributed by atoms with van der Waals surface area (Å²) in [6.07, 6.45) is 1.23. The van der Waals surface area contributed by atoms with E-state index in [9.17, 15) is 9.59 Å². The van der Waals surface area contributed by atoms with Crippen molar-refractivity contribution in [1.82, 2.24) is 10.2 Å². The van der Waals surface area contributed by atoms with E-state index >= 15 is 0 Å². The van der Waals surface area contributed by atoms with Crippen LogP contribution in [0.5, 0.6) is 11.5 Å². The minimum absolute atomic E-state index is 0.127. The normalized spacial score (nSPS) is 15.1. The van der Waals surface area contributed by atoms with Gasteiger partial charge < -0.3 is 25.4 Å². The van der Waals surface area contributed by atoms with Gasteiger partial charge in [-0.2, -0.15) is 0 Å². The van der Waals surface area contributed by atoms with Crippen molar-refractivity contribution in [3.63, 3.8) is 0 Å². The van der Waals surface area contributed by atoms with E-state index in [0.29, 0.717) is 44.0 Å². The number of rotatable bonds is 5. The van der Waals surface area contributed by atoms with Gasteiger partial charge in [-0.15, -0.1) is 0 Å². The molecule has 0 bridgehead atoms. The second-order valence-electron chi connectivity index (χ2n) is 5.50. The van der Waals surface area contributed by atoms with E-state index in [4.69, 9.17) is 15.2 Å². The molecule has 1 fully saturated rings. The van der Waals surface area contributed by atoms with Gasteiger partial charge in [-0.3, -0.25) is 4.79 Å². The number of amides is 3. The molecule has 23 heavy (non-hydrogen) atoms. The van der Waals surface area contributed by atoms with Crippen LogP contribution in [0, 0.1) is 5.92 Å². The van der Waals surface area contributed by atoms with Crippen LogP contribution in [0.25, 0.3) is 0 Å². The molecule has 0 atom stereocenters. The van der Waals surface area contributed by atoms with Crippen molar-refractivity contribution >= 4 is 11.9 Å². The fourth-order valence-corrected chi connectivity index (χ4v) is 2.67. The molecular weight excluding hydrogens is 298 g/mol. The number of nitrogens with one attached hydrogen (secondary N) is 1. The van der Waals surface area contributed by atoms with Crippen LogP contribution >= 0.6 is 0 Å². The molecule has 3 amide bonds. The molecular formula is C16H23N3O4. The first-order chi connectivity index (χ1) is 11.0. The highest BCUT2D eigenvalue weighted by Crippen LogP contribution is 2.24. The highest BCUT2D eigenvalue weighted by Gasteiger charge is 2.25. The zero-order valence-corrected chi connectivity index (χ0v) is 13.5. The van der Waals surface area contributed by atoms with Gasteiger partial charge in [0.2, 0.25) is 5.91 Å². The molecule has 7 heteroatoms. The van der Waals surface area contributed by atoms with E-state index in [-0.39, 0.29) is 17.9 Å². The zero-order valence-electron chi connectivity index (χ0n) is 13.5. The van der Waals surface area contributed by atoms with Crippen molar-refractivity contribution in [3.8, 4) is 11.5 Å². The van der Waals surface area contributed by atoms with Gasteiger partial charge in [-0.1, -0.05) is 0 Å². The SMILES string of the molecule is COc1ccc(OC)c(CNC(=O)N2CCC(C(N)=O)CC2)c1. The maximum Gasteiger partial charge on any atom is 0.317 e. The summed E-state index contributed by atoms with van der Waals surface area (Å²) in [5.41, 5.74) is 6.14. The maximum absolute atomic E-state index is 12.2. The van der Waals surface area contributed by atoms with Gasteiger partial charge in [-0.05, 0) is 31.0 Å². The number of hydrogen-bond acceptors (Lipinski definition) is 4. The molecule has 126 valence electrons. The molecule has 0 unspecified atom stereocenters. The molecule has 0 saturated carbocycles. The van der Waals surface area contributed by atoms with Crippen molar-refractivity contribution in [2.45, 2.75) is 19.4 Å². The molecule has 7 nitrogen and oxygen atoms in total. The lowest BCUT2D eigenvalue weighted by Crippen LogP contribution is -2.46. The Morgan fingerprint density at radius 2 is 1.96 bits per heavy atom. The number of carbonyl (C=O) groups is 2. The van der Waals surface area contributed by atoms with E-state index in [2.05, 4.69) is 5.32 Å². The lowest BCUT2D eigenvalue weighted by Gasteiger charge is -2.30. The summed E-state index contributed by atoms with van der Waals surface area (Å²) in [5, 5.41) is 2.87. The number of hydrogen-bond donors (Lipinski definition) is 2. The van der Waals surface area contributed by atoms with E-state index < -0.39 is 0 Å². The Morgan fingerprint density at radius 1 is 1.26 bits per heavy atom. The molecule has 1 aromatic rings. The Balaban J connectivity index is 1.91. The van der Waals surface area contributed by atoms with Crippen LogP contribution in [0.4, 0.5) is 4.79 Å². The fraction of sp³-hybridized carbons (Fsp3) is 0.500. The number of ether oxygens (including phenoxy) is 2. The molecule has 0 radical (unpaired) electrons. The monoisotopic (exact) mass is 321 g/mol. The molecule has 0 spiro atoms. The van der Waals surface area contributed by atoms with Crippen molar-refractivity contribution in [3.05, 3.63) is 23.8 Å². The average Bonchev–Trinajstić information content (AvgIpc) is 2.59. The molecule has 0 aliphatic carbocycles. The lowest BCUT2D eigenvalue weighted by atomic mass is 9.96. The second-order valence-corrected chi connectivity index (χ2v) is 5.50. The van der Waals surface area contributed by atoms with E-state index in [1.165, 1.54) is 0 Å². The molecule has 1 heterocycles. The summed E-state index contributed by atoms with van der Waals surface area (Å²) < 4.78 is 10.5. The van der Waals surface area contributed by atoms with Gasteiger partial charge in [0.15, 0.2) is 0 Å². The Bertz CT molecular complexity index is 568. The lowest BCUT2D eigenvalue weighted by molar-refractivity contribution is -0.123. The number of primary amides is 1. The Kier molecular flexibility index (Phi) is 5.67. The van der Waals surface area contributed by atoms with Crippen molar-refractivity contribution in [2.24, 2.45) is 11.7 Å². The maximum atomic E-state index is 12.2. The Labute approximate surface area is 135 Å². The average molecular weight is 321 g/mol. The summed E-state index contributed by atoms with van der Waals surface area (Å²) >= 11 is 0. The number of urea groups is 1. The number of nitrogens with two attached hydrogens (primary N) is 1. The predicted molar refractivity (Wildman–Crippen MR) is 85.3 cm³/mol. The molecule has 2 rings (SSSR count). The number of benzene rings is 1. The molecule has 1 saturated heterocycles. The molecule has 1 aromatic carbocycles.